The average Bonchev–Trinajstić information content (AvgIpc) is 3.05. The van der Waals surface area contributed by atoms with Crippen LogP contribution >= 0.6 is 0 Å². The molecule has 0 spiro atoms. The highest BCUT2D eigenvalue weighted by Gasteiger charge is 2.32. The van der Waals surface area contributed by atoms with E-state index < -0.39 is 0 Å². The van der Waals surface area contributed by atoms with E-state index in [4.69, 9.17) is 0 Å². The zero-order valence-electron chi connectivity index (χ0n) is 15.2. The van der Waals surface area contributed by atoms with Crippen molar-refractivity contribution in [2.75, 3.05) is 0 Å². The van der Waals surface area contributed by atoms with Crippen molar-refractivity contribution in [2.45, 2.75) is 5.92 Å². The normalized spacial score (nSPS) is 15.0. The van der Waals surface area contributed by atoms with Crippen LogP contribution in [0.3, 0.4) is 0 Å². The minimum atomic E-state index is -0.180. The molecule has 0 radical (unpaired) electrons. The number of benzene rings is 5. The molecule has 1 heteroatoms. The van der Waals surface area contributed by atoms with Crippen LogP contribution in [0.1, 0.15) is 22.6 Å². The zero-order valence-corrected chi connectivity index (χ0v) is 15.2. The van der Waals surface area contributed by atoms with E-state index in [1.807, 2.05) is 6.07 Å². The largest absolute Gasteiger partial charge is 0.207 e. The summed E-state index contributed by atoms with van der Waals surface area (Å²) in [6.45, 7) is 0. The van der Waals surface area contributed by atoms with Crippen LogP contribution in [0.15, 0.2) is 97.1 Å². The summed E-state index contributed by atoms with van der Waals surface area (Å²) in [4.78, 5) is 0. The van der Waals surface area contributed by atoms with Gasteiger partial charge >= 0.3 is 0 Å². The van der Waals surface area contributed by atoms with Gasteiger partial charge in [-0.2, -0.15) is 0 Å². The molecule has 0 aliphatic heterocycles. The van der Waals surface area contributed by atoms with E-state index in [-0.39, 0.29) is 11.7 Å². The number of fused-ring (bicyclic) bond motifs is 5. The lowest BCUT2D eigenvalue weighted by Crippen LogP contribution is -2.02. The summed E-state index contributed by atoms with van der Waals surface area (Å²) in [7, 11) is 0. The summed E-state index contributed by atoms with van der Waals surface area (Å²) in [5.41, 5.74) is 5.93. The third kappa shape index (κ3) is 2.10. The third-order valence-corrected chi connectivity index (χ3v) is 5.99. The van der Waals surface area contributed by atoms with Gasteiger partial charge in [0.25, 0.3) is 0 Å². The van der Waals surface area contributed by atoms with Gasteiger partial charge in [-0.3, -0.25) is 0 Å². The van der Waals surface area contributed by atoms with Crippen molar-refractivity contribution in [3.8, 4) is 11.1 Å². The van der Waals surface area contributed by atoms with Crippen LogP contribution in [0.2, 0.25) is 0 Å². The molecule has 0 saturated carbocycles. The Morgan fingerprint density at radius 1 is 0.536 bits per heavy atom. The molecule has 1 atom stereocenters. The van der Waals surface area contributed by atoms with Gasteiger partial charge in [0, 0.05) is 5.92 Å². The van der Waals surface area contributed by atoms with Crippen LogP contribution in [0.25, 0.3) is 32.7 Å². The number of halogens is 1. The van der Waals surface area contributed by atoms with E-state index >= 15 is 0 Å². The second kappa shape index (κ2) is 5.77. The fourth-order valence-corrected chi connectivity index (χ4v) is 4.85. The molecule has 1 aliphatic rings. The van der Waals surface area contributed by atoms with Crippen LogP contribution in [0.4, 0.5) is 4.39 Å². The summed E-state index contributed by atoms with van der Waals surface area (Å²) in [5.74, 6) is -0.154. The second-order valence-corrected chi connectivity index (χ2v) is 7.48. The average molecular weight is 360 g/mol. The lowest BCUT2D eigenvalue weighted by molar-refractivity contribution is 0.626. The van der Waals surface area contributed by atoms with Gasteiger partial charge in [-0.25, -0.2) is 4.39 Å². The predicted octanol–water partition coefficient (Wildman–Crippen LogP) is 7.29. The minimum absolute atomic E-state index is 0.0258. The Hall–Kier alpha value is -3.45. The third-order valence-electron chi connectivity index (χ3n) is 5.99. The molecule has 0 amide bonds. The first-order valence-corrected chi connectivity index (χ1v) is 9.60. The molecule has 0 N–H and O–H groups in total. The molecule has 0 nitrogen and oxygen atoms in total. The van der Waals surface area contributed by atoms with E-state index in [0.29, 0.717) is 0 Å². The van der Waals surface area contributed by atoms with Crippen molar-refractivity contribution in [2.24, 2.45) is 0 Å². The molecule has 28 heavy (non-hydrogen) atoms. The standard InChI is InChI=1S/C27H17F/c28-19-13-14-23-22-11-5-6-12-24(22)27(25(23)16-19)26-20-9-3-1-7-17(20)15-18-8-2-4-10-21(18)26/h1-16,27H/t27-/m1/s1. The summed E-state index contributed by atoms with van der Waals surface area (Å²) in [5, 5.41) is 4.91. The number of hydrogen-bond acceptors (Lipinski definition) is 0. The molecule has 1 aliphatic carbocycles. The molecule has 6 rings (SSSR count). The molecule has 132 valence electrons. The van der Waals surface area contributed by atoms with Gasteiger partial charge in [0.05, 0.1) is 0 Å². The number of rotatable bonds is 1. The molecule has 0 saturated heterocycles. The highest BCUT2D eigenvalue weighted by molar-refractivity contribution is 6.04. The van der Waals surface area contributed by atoms with Gasteiger partial charge in [-0.05, 0) is 67.6 Å². The molecule has 5 aromatic carbocycles. The Morgan fingerprint density at radius 2 is 1.14 bits per heavy atom. The SMILES string of the molecule is Fc1ccc2c(c1)[C@H](c1c3ccccc3cc3ccccc13)c1ccccc1-2. The topological polar surface area (TPSA) is 0 Å². The van der Waals surface area contributed by atoms with Crippen LogP contribution in [0.5, 0.6) is 0 Å². The van der Waals surface area contributed by atoms with Crippen LogP contribution < -0.4 is 0 Å². The monoisotopic (exact) mass is 360 g/mol. The quantitative estimate of drug-likeness (QED) is 0.270. The summed E-state index contributed by atoms with van der Waals surface area (Å²) >= 11 is 0. The molecule has 0 heterocycles. The van der Waals surface area contributed by atoms with Crippen molar-refractivity contribution < 1.29 is 4.39 Å². The van der Waals surface area contributed by atoms with Gasteiger partial charge in [0.15, 0.2) is 0 Å². The van der Waals surface area contributed by atoms with Crippen LogP contribution in [-0.4, -0.2) is 0 Å². The highest BCUT2D eigenvalue weighted by atomic mass is 19.1. The van der Waals surface area contributed by atoms with Gasteiger partial charge in [0.2, 0.25) is 0 Å². The van der Waals surface area contributed by atoms with Gasteiger partial charge in [-0.1, -0.05) is 78.9 Å². The summed E-state index contributed by atoms with van der Waals surface area (Å²) in [6.07, 6.45) is 0. The van der Waals surface area contributed by atoms with Crippen LogP contribution in [-0.2, 0) is 0 Å². The molecular formula is C27H17F. The second-order valence-electron chi connectivity index (χ2n) is 7.48. The highest BCUT2D eigenvalue weighted by Crippen LogP contribution is 2.51. The lowest BCUT2D eigenvalue weighted by atomic mass is 9.83. The van der Waals surface area contributed by atoms with E-state index in [2.05, 4.69) is 78.9 Å². The van der Waals surface area contributed by atoms with E-state index in [0.717, 1.165) is 11.1 Å². The molecule has 0 fully saturated rings. The van der Waals surface area contributed by atoms with E-state index in [9.17, 15) is 4.39 Å². The predicted molar refractivity (Wildman–Crippen MR) is 114 cm³/mol. The van der Waals surface area contributed by atoms with Crippen LogP contribution in [0, 0.1) is 5.82 Å². The molecule has 5 aromatic rings. The Labute approximate surface area is 162 Å². The molecule has 0 bridgehead atoms. The van der Waals surface area contributed by atoms with Crippen molar-refractivity contribution in [1.82, 2.24) is 0 Å². The maximum Gasteiger partial charge on any atom is 0.123 e. The van der Waals surface area contributed by atoms with Crippen molar-refractivity contribution in [3.63, 3.8) is 0 Å². The first-order chi connectivity index (χ1) is 13.8. The molecular weight excluding hydrogens is 343 g/mol. The number of hydrogen-bond donors (Lipinski definition) is 0. The van der Waals surface area contributed by atoms with Gasteiger partial charge < -0.3 is 0 Å². The summed E-state index contributed by atoms with van der Waals surface area (Å²) < 4.78 is 14.3. The van der Waals surface area contributed by atoms with Crippen molar-refractivity contribution >= 4 is 21.5 Å². The van der Waals surface area contributed by atoms with E-state index in [1.165, 1.54) is 38.2 Å². The minimum Gasteiger partial charge on any atom is -0.207 e. The molecule has 0 aromatic heterocycles. The maximum atomic E-state index is 14.3. The Bertz CT molecular complexity index is 1330. The maximum absolute atomic E-state index is 14.3. The van der Waals surface area contributed by atoms with E-state index in [1.54, 1.807) is 12.1 Å². The Balaban J connectivity index is 1.80. The fourth-order valence-electron chi connectivity index (χ4n) is 4.85. The van der Waals surface area contributed by atoms with Crippen molar-refractivity contribution in [3.05, 3.63) is 120 Å². The Kier molecular flexibility index (Phi) is 3.21. The fraction of sp³-hybridized carbons (Fsp3) is 0.0370. The lowest BCUT2D eigenvalue weighted by Gasteiger charge is -2.20. The zero-order chi connectivity index (χ0) is 18.7. The summed E-state index contributed by atoms with van der Waals surface area (Å²) in [6, 6.07) is 33.0. The van der Waals surface area contributed by atoms with Gasteiger partial charge in [0.1, 0.15) is 5.82 Å². The first-order valence-electron chi connectivity index (χ1n) is 9.60. The molecule has 0 unspecified atom stereocenters. The van der Waals surface area contributed by atoms with Crippen molar-refractivity contribution in [1.29, 1.82) is 0 Å². The van der Waals surface area contributed by atoms with Gasteiger partial charge in [-0.15, -0.1) is 0 Å². The first kappa shape index (κ1) is 15.6. The Morgan fingerprint density at radius 3 is 1.89 bits per heavy atom. The smallest absolute Gasteiger partial charge is 0.123 e.